The summed E-state index contributed by atoms with van der Waals surface area (Å²) in [6.45, 7) is 4.54. The summed E-state index contributed by atoms with van der Waals surface area (Å²) >= 11 is 0. The van der Waals surface area contributed by atoms with Gasteiger partial charge in [0.05, 0.1) is 0 Å². The van der Waals surface area contributed by atoms with Gasteiger partial charge >= 0.3 is 0 Å². The first-order valence-corrected chi connectivity index (χ1v) is 6.65. The number of hydrogen-bond donors (Lipinski definition) is 0. The highest BCUT2D eigenvalue weighted by Crippen LogP contribution is 2.37. The van der Waals surface area contributed by atoms with Gasteiger partial charge in [0.1, 0.15) is 0 Å². The minimum absolute atomic E-state index is 1.15. The van der Waals surface area contributed by atoms with Crippen molar-refractivity contribution in [2.45, 2.75) is 52.4 Å². The first-order chi connectivity index (χ1) is 7.86. The second kappa shape index (κ2) is 5.34. The van der Waals surface area contributed by atoms with Crippen molar-refractivity contribution in [3.63, 3.8) is 0 Å². The summed E-state index contributed by atoms with van der Waals surface area (Å²) in [5.41, 5.74) is 6.35. The maximum absolute atomic E-state index is 2.42. The largest absolute Gasteiger partial charge is 0.0798 e. The molecule has 86 valence electrons. The number of rotatable bonds is 5. The highest BCUT2D eigenvalue weighted by molar-refractivity contribution is 5.56. The summed E-state index contributed by atoms with van der Waals surface area (Å²) in [6, 6.07) is 0. The van der Waals surface area contributed by atoms with Gasteiger partial charge in [-0.05, 0) is 48.0 Å². The molecule has 0 bridgehead atoms. The molecule has 0 saturated carbocycles. The van der Waals surface area contributed by atoms with Crippen molar-refractivity contribution in [2.24, 2.45) is 0 Å². The molecule has 0 amide bonds. The second-order valence-corrected chi connectivity index (χ2v) is 4.69. The van der Waals surface area contributed by atoms with E-state index in [1.165, 1.54) is 25.7 Å². The predicted molar refractivity (Wildman–Crippen MR) is 71.4 cm³/mol. The monoisotopic (exact) mass is 214 g/mol. The van der Waals surface area contributed by atoms with Gasteiger partial charge in [0, 0.05) is 0 Å². The van der Waals surface area contributed by atoms with Crippen molar-refractivity contribution in [1.29, 1.82) is 0 Å². The third-order valence-corrected chi connectivity index (χ3v) is 3.42. The van der Waals surface area contributed by atoms with Crippen molar-refractivity contribution >= 4 is 0 Å². The van der Waals surface area contributed by atoms with Crippen LogP contribution in [0.1, 0.15) is 52.4 Å². The lowest BCUT2D eigenvalue weighted by Crippen LogP contribution is -1.93. The number of hydrogen-bond acceptors (Lipinski definition) is 0. The summed E-state index contributed by atoms with van der Waals surface area (Å²) < 4.78 is 0. The zero-order chi connectivity index (χ0) is 11.4. The molecular formula is C16H22. The molecule has 2 aliphatic rings. The predicted octanol–water partition coefficient (Wildman–Crippen LogP) is 5.10. The molecule has 0 N–H and O–H groups in total. The Kier molecular flexibility index (Phi) is 3.82. The summed E-state index contributed by atoms with van der Waals surface area (Å²) in [4.78, 5) is 0. The van der Waals surface area contributed by atoms with Gasteiger partial charge in [-0.2, -0.15) is 0 Å². The quantitative estimate of drug-likeness (QED) is 0.597. The first kappa shape index (κ1) is 11.4. The van der Waals surface area contributed by atoms with E-state index in [2.05, 4.69) is 38.2 Å². The van der Waals surface area contributed by atoms with E-state index in [0.29, 0.717) is 0 Å². The van der Waals surface area contributed by atoms with Gasteiger partial charge in [-0.1, -0.05) is 51.0 Å². The van der Waals surface area contributed by atoms with Crippen LogP contribution in [0.5, 0.6) is 0 Å². The van der Waals surface area contributed by atoms with Crippen LogP contribution in [-0.2, 0) is 0 Å². The fourth-order valence-electron chi connectivity index (χ4n) is 2.72. The van der Waals surface area contributed by atoms with E-state index >= 15 is 0 Å². The minimum atomic E-state index is 1.15. The molecule has 0 heterocycles. The average molecular weight is 214 g/mol. The van der Waals surface area contributed by atoms with Gasteiger partial charge in [-0.15, -0.1) is 0 Å². The Hall–Kier alpha value is -1.04. The highest BCUT2D eigenvalue weighted by Gasteiger charge is 2.17. The van der Waals surface area contributed by atoms with Crippen LogP contribution in [-0.4, -0.2) is 0 Å². The van der Waals surface area contributed by atoms with Crippen LogP contribution in [0.4, 0.5) is 0 Å². The topological polar surface area (TPSA) is 0 Å². The van der Waals surface area contributed by atoms with Crippen LogP contribution in [0, 0.1) is 0 Å². The Bertz CT molecular complexity index is 375. The van der Waals surface area contributed by atoms with E-state index in [0.717, 1.165) is 12.8 Å². The molecule has 0 nitrogen and oxygen atoms in total. The molecule has 0 atom stereocenters. The van der Waals surface area contributed by atoms with Gasteiger partial charge in [0.25, 0.3) is 0 Å². The highest BCUT2D eigenvalue weighted by atomic mass is 14.2. The first-order valence-electron chi connectivity index (χ1n) is 6.65. The Morgan fingerprint density at radius 1 is 1.06 bits per heavy atom. The minimum Gasteiger partial charge on any atom is -0.0798 e. The van der Waals surface area contributed by atoms with Gasteiger partial charge in [-0.25, -0.2) is 0 Å². The van der Waals surface area contributed by atoms with Crippen LogP contribution in [0.2, 0.25) is 0 Å². The fourth-order valence-corrected chi connectivity index (χ4v) is 2.72. The molecule has 0 spiro atoms. The van der Waals surface area contributed by atoms with E-state index in [-0.39, 0.29) is 0 Å². The third-order valence-electron chi connectivity index (χ3n) is 3.42. The summed E-state index contributed by atoms with van der Waals surface area (Å²) in [5, 5.41) is 0. The lowest BCUT2D eigenvalue weighted by atomic mass is 9.93. The van der Waals surface area contributed by atoms with Crippen LogP contribution in [0.25, 0.3) is 0 Å². The summed E-state index contributed by atoms with van der Waals surface area (Å²) in [6.07, 6.45) is 16.8. The van der Waals surface area contributed by atoms with E-state index < -0.39 is 0 Å². The lowest BCUT2D eigenvalue weighted by molar-refractivity contribution is 0.899. The third kappa shape index (κ3) is 2.21. The Labute approximate surface area is 99.4 Å². The molecule has 2 aliphatic carbocycles. The lowest BCUT2D eigenvalue weighted by Gasteiger charge is -2.12. The summed E-state index contributed by atoms with van der Waals surface area (Å²) in [7, 11) is 0. The van der Waals surface area contributed by atoms with Gasteiger partial charge < -0.3 is 0 Å². The zero-order valence-corrected chi connectivity index (χ0v) is 10.6. The van der Waals surface area contributed by atoms with E-state index in [1.54, 1.807) is 22.3 Å². The van der Waals surface area contributed by atoms with E-state index in [1.807, 2.05) is 0 Å². The average Bonchev–Trinajstić information content (AvgIpc) is 2.87. The Balaban J connectivity index is 2.19. The molecule has 0 aliphatic heterocycles. The van der Waals surface area contributed by atoms with Gasteiger partial charge in [0.15, 0.2) is 0 Å². The van der Waals surface area contributed by atoms with Gasteiger partial charge in [0.2, 0.25) is 0 Å². The number of allylic oxidation sites excluding steroid dienone is 8. The van der Waals surface area contributed by atoms with Crippen LogP contribution in [0.15, 0.2) is 46.6 Å². The smallest absolute Gasteiger partial charge is 0.00856 e. The normalized spacial score (nSPS) is 19.4. The molecule has 0 radical (unpaired) electrons. The van der Waals surface area contributed by atoms with Crippen molar-refractivity contribution in [3.05, 3.63) is 46.6 Å². The molecule has 0 aromatic heterocycles. The molecule has 0 heteroatoms. The van der Waals surface area contributed by atoms with Crippen molar-refractivity contribution < 1.29 is 0 Å². The Morgan fingerprint density at radius 2 is 1.88 bits per heavy atom. The van der Waals surface area contributed by atoms with Gasteiger partial charge in [-0.3, -0.25) is 0 Å². The SMILES string of the molecule is CCCC1=CCC=C1C1=C(CCC)C=CC1. The zero-order valence-electron chi connectivity index (χ0n) is 10.6. The van der Waals surface area contributed by atoms with E-state index in [9.17, 15) is 0 Å². The van der Waals surface area contributed by atoms with Crippen LogP contribution in [0.3, 0.4) is 0 Å². The van der Waals surface area contributed by atoms with Crippen molar-refractivity contribution in [1.82, 2.24) is 0 Å². The molecule has 16 heavy (non-hydrogen) atoms. The standard InChI is InChI=1S/C16H22/c1-3-7-13-9-5-11-15(13)16-12-6-10-14(16)8-4-2/h5,9-10,12H,3-4,6-8,11H2,1-2H3. The molecule has 2 rings (SSSR count). The van der Waals surface area contributed by atoms with Crippen LogP contribution < -0.4 is 0 Å². The summed E-state index contributed by atoms with van der Waals surface area (Å²) in [5.74, 6) is 0. The fraction of sp³-hybridized carbons (Fsp3) is 0.500. The molecule has 0 saturated heterocycles. The second-order valence-electron chi connectivity index (χ2n) is 4.69. The maximum atomic E-state index is 2.42. The molecule has 0 unspecified atom stereocenters. The van der Waals surface area contributed by atoms with Crippen molar-refractivity contribution in [3.8, 4) is 0 Å². The molecule has 0 aromatic rings. The molecule has 0 fully saturated rings. The molecular weight excluding hydrogens is 192 g/mol. The van der Waals surface area contributed by atoms with E-state index in [4.69, 9.17) is 0 Å². The maximum Gasteiger partial charge on any atom is -0.00856 e. The molecule has 0 aromatic carbocycles. The Morgan fingerprint density at radius 3 is 2.62 bits per heavy atom. The van der Waals surface area contributed by atoms with Crippen molar-refractivity contribution in [2.75, 3.05) is 0 Å². The van der Waals surface area contributed by atoms with Crippen LogP contribution >= 0.6 is 0 Å².